The van der Waals surface area contributed by atoms with Crippen LogP contribution in [0.2, 0.25) is 0 Å². The number of rotatable bonds is 5. The summed E-state index contributed by atoms with van der Waals surface area (Å²) >= 11 is 0. The third-order valence-electron chi connectivity index (χ3n) is 4.66. The summed E-state index contributed by atoms with van der Waals surface area (Å²) in [6.45, 7) is 8.03. The van der Waals surface area contributed by atoms with Gasteiger partial charge in [-0.15, -0.1) is 6.58 Å². The van der Waals surface area contributed by atoms with E-state index in [0.717, 1.165) is 54.6 Å². The van der Waals surface area contributed by atoms with E-state index in [1.807, 2.05) is 47.4 Å². The van der Waals surface area contributed by atoms with Gasteiger partial charge >= 0.3 is 0 Å². The molecule has 0 spiro atoms. The van der Waals surface area contributed by atoms with Crippen molar-refractivity contribution in [2.24, 2.45) is 0 Å². The Hall–Kier alpha value is -2.46. The van der Waals surface area contributed by atoms with Gasteiger partial charge < -0.3 is 10.3 Å². The molecule has 0 aromatic heterocycles. The summed E-state index contributed by atoms with van der Waals surface area (Å²) in [5.74, 6) is 0.181. The van der Waals surface area contributed by atoms with Crippen LogP contribution < -0.4 is 0 Å². The number of carbonyl (C=O) groups excluding carboxylic acids is 1. The maximum atomic E-state index is 12.7. The van der Waals surface area contributed by atoms with Crippen LogP contribution in [0, 0.1) is 5.41 Å². The first-order chi connectivity index (χ1) is 11.7. The van der Waals surface area contributed by atoms with Crippen LogP contribution in [-0.4, -0.2) is 54.6 Å². The lowest BCUT2D eigenvalue weighted by Gasteiger charge is -2.34. The molecule has 0 bridgehead atoms. The van der Waals surface area contributed by atoms with Gasteiger partial charge in [-0.05, 0) is 21.9 Å². The molecule has 1 aliphatic rings. The lowest BCUT2D eigenvalue weighted by molar-refractivity contribution is -0.132. The van der Waals surface area contributed by atoms with Gasteiger partial charge in [-0.25, -0.2) is 0 Å². The molecule has 1 fully saturated rings. The maximum absolute atomic E-state index is 12.7. The van der Waals surface area contributed by atoms with Crippen molar-refractivity contribution in [2.75, 3.05) is 32.7 Å². The van der Waals surface area contributed by atoms with E-state index in [4.69, 9.17) is 5.41 Å². The Morgan fingerprint density at radius 2 is 1.79 bits per heavy atom. The van der Waals surface area contributed by atoms with E-state index >= 15 is 0 Å². The average molecular weight is 321 g/mol. The summed E-state index contributed by atoms with van der Waals surface area (Å²) in [5.41, 5.74) is 1.93. The topological polar surface area (TPSA) is 47.4 Å². The van der Waals surface area contributed by atoms with Crippen molar-refractivity contribution in [2.45, 2.75) is 6.42 Å². The average Bonchev–Trinajstić information content (AvgIpc) is 2.63. The Labute approximate surface area is 142 Å². The molecule has 0 unspecified atom stereocenters. The summed E-state index contributed by atoms with van der Waals surface area (Å²) in [5, 5.41) is 9.64. The number of fused-ring (bicyclic) bond motifs is 1. The summed E-state index contributed by atoms with van der Waals surface area (Å²) in [7, 11) is 0. The second kappa shape index (κ2) is 7.41. The minimum absolute atomic E-state index is 0.181. The molecule has 0 radical (unpaired) electrons. The molecule has 24 heavy (non-hydrogen) atoms. The van der Waals surface area contributed by atoms with Crippen molar-refractivity contribution in [1.82, 2.24) is 9.80 Å². The van der Waals surface area contributed by atoms with Gasteiger partial charge in [-0.2, -0.15) is 0 Å². The van der Waals surface area contributed by atoms with E-state index in [1.165, 1.54) is 6.21 Å². The van der Waals surface area contributed by atoms with Crippen molar-refractivity contribution < 1.29 is 4.79 Å². The highest BCUT2D eigenvalue weighted by Gasteiger charge is 2.21. The Kier molecular flexibility index (Phi) is 5.06. The van der Waals surface area contributed by atoms with Crippen molar-refractivity contribution >= 4 is 22.9 Å². The van der Waals surface area contributed by atoms with E-state index in [9.17, 15) is 4.79 Å². The van der Waals surface area contributed by atoms with Crippen LogP contribution in [0.5, 0.6) is 0 Å². The molecule has 1 N–H and O–H groups in total. The highest BCUT2D eigenvalue weighted by atomic mass is 16.2. The lowest BCUT2D eigenvalue weighted by Crippen LogP contribution is -2.49. The number of benzene rings is 2. The molecule has 3 rings (SSSR count). The summed E-state index contributed by atoms with van der Waals surface area (Å²) in [4.78, 5) is 16.9. The van der Waals surface area contributed by atoms with Gasteiger partial charge in [0.05, 0.1) is 6.42 Å². The standard InChI is InChI=1S/C20H23N3O/c1-2-9-22-10-12-23(13-11-22)20(24)14-16-7-8-17(15-21)19-6-4-3-5-18(16)19/h2-8,15,21H,1,9-14H2. The molecular formula is C20H23N3O. The van der Waals surface area contributed by atoms with Crippen LogP contribution >= 0.6 is 0 Å². The predicted molar refractivity (Wildman–Crippen MR) is 98.8 cm³/mol. The van der Waals surface area contributed by atoms with Gasteiger partial charge in [-0.3, -0.25) is 9.69 Å². The van der Waals surface area contributed by atoms with Gasteiger partial charge in [0, 0.05) is 38.9 Å². The summed E-state index contributed by atoms with van der Waals surface area (Å²) in [6, 6.07) is 11.9. The molecule has 1 saturated heterocycles. The second-order valence-electron chi connectivity index (χ2n) is 6.15. The van der Waals surface area contributed by atoms with Gasteiger partial charge in [0.2, 0.25) is 5.91 Å². The first kappa shape index (κ1) is 16.4. The Morgan fingerprint density at radius 3 is 2.46 bits per heavy atom. The predicted octanol–water partition coefficient (Wildman–Crippen LogP) is 2.71. The van der Waals surface area contributed by atoms with E-state index in [0.29, 0.717) is 6.42 Å². The van der Waals surface area contributed by atoms with Crippen molar-refractivity contribution in [3.8, 4) is 0 Å². The number of amides is 1. The highest BCUT2D eigenvalue weighted by Crippen LogP contribution is 2.23. The van der Waals surface area contributed by atoms with Gasteiger partial charge in [0.1, 0.15) is 0 Å². The highest BCUT2D eigenvalue weighted by molar-refractivity contribution is 6.01. The monoisotopic (exact) mass is 321 g/mol. The number of carbonyl (C=O) groups is 1. The van der Waals surface area contributed by atoms with E-state index in [-0.39, 0.29) is 5.91 Å². The zero-order valence-electron chi connectivity index (χ0n) is 13.9. The van der Waals surface area contributed by atoms with Crippen LogP contribution in [0.1, 0.15) is 11.1 Å². The SMILES string of the molecule is C=CCN1CCN(C(=O)Cc2ccc(C=N)c3ccccc23)CC1. The first-order valence-electron chi connectivity index (χ1n) is 8.35. The minimum atomic E-state index is 0.181. The molecule has 1 heterocycles. The number of nitrogens with zero attached hydrogens (tertiary/aromatic N) is 2. The Bertz CT molecular complexity index is 761. The normalized spacial score (nSPS) is 15.4. The fourth-order valence-electron chi connectivity index (χ4n) is 3.30. The first-order valence-corrected chi connectivity index (χ1v) is 8.35. The van der Waals surface area contributed by atoms with Crippen LogP contribution in [0.15, 0.2) is 49.1 Å². The molecule has 0 saturated carbocycles. The third-order valence-corrected chi connectivity index (χ3v) is 4.66. The fourth-order valence-corrected chi connectivity index (χ4v) is 3.30. The number of hydrogen-bond acceptors (Lipinski definition) is 3. The molecular weight excluding hydrogens is 298 g/mol. The zero-order chi connectivity index (χ0) is 16.9. The van der Waals surface area contributed by atoms with E-state index < -0.39 is 0 Å². The fraction of sp³-hybridized carbons (Fsp3) is 0.300. The van der Waals surface area contributed by atoms with E-state index in [2.05, 4.69) is 11.5 Å². The van der Waals surface area contributed by atoms with E-state index in [1.54, 1.807) is 0 Å². The van der Waals surface area contributed by atoms with Crippen LogP contribution in [0.4, 0.5) is 0 Å². The molecule has 124 valence electrons. The van der Waals surface area contributed by atoms with Crippen LogP contribution in [0.3, 0.4) is 0 Å². The molecule has 0 atom stereocenters. The molecule has 1 amide bonds. The van der Waals surface area contributed by atoms with Crippen molar-refractivity contribution in [3.05, 3.63) is 60.2 Å². The molecule has 4 heteroatoms. The second-order valence-corrected chi connectivity index (χ2v) is 6.15. The minimum Gasteiger partial charge on any atom is -0.340 e. The summed E-state index contributed by atoms with van der Waals surface area (Å²) in [6.07, 6.45) is 3.70. The third kappa shape index (κ3) is 3.39. The number of piperazine rings is 1. The quantitative estimate of drug-likeness (QED) is 0.680. The molecule has 2 aromatic carbocycles. The number of hydrogen-bond donors (Lipinski definition) is 1. The molecule has 1 aliphatic heterocycles. The lowest BCUT2D eigenvalue weighted by atomic mass is 9.98. The van der Waals surface area contributed by atoms with Gasteiger partial charge in [0.15, 0.2) is 0 Å². The van der Waals surface area contributed by atoms with Crippen molar-refractivity contribution in [1.29, 1.82) is 5.41 Å². The van der Waals surface area contributed by atoms with Gasteiger partial charge in [0.25, 0.3) is 0 Å². The largest absolute Gasteiger partial charge is 0.340 e. The van der Waals surface area contributed by atoms with Crippen molar-refractivity contribution in [3.63, 3.8) is 0 Å². The number of nitrogens with one attached hydrogen (secondary N) is 1. The Balaban J connectivity index is 1.75. The smallest absolute Gasteiger partial charge is 0.227 e. The zero-order valence-corrected chi connectivity index (χ0v) is 13.9. The molecule has 4 nitrogen and oxygen atoms in total. The van der Waals surface area contributed by atoms with Crippen LogP contribution in [0.25, 0.3) is 10.8 Å². The van der Waals surface area contributed by atoms with Crippen LogP contribution in [-0.2, 0) is 11.2 Å². The molecule has 2 aromatic rings. The Morgan fingerprint density at radius 1 is 1.08 bits per heavy atom. The summed E-state index contributed by atoms with van der Waals surface area (Å²) < 4.78 is 0. The molecule has 0 aliphatic carbocycles. The maximum Gasteiger partial charge on any atom is 0.227 e. The van der Waals surface area contributed by atoms with Gasteiger partial charge in [-0.1, -0.05) is 42.5 Å².